The number of thioether (sulfide) groups is 1. The van der Waals surface area contributed by atoms with Crippen LogP contribution in [0, 0.1) is 0 Å². The lowest BCUT2D eigenvalue weighted by molar-refractivity contribution is -0.140. The molecule has 5 nitrogen and oxygen atoms in total. The van der Waals surface area contributed by atoms with Gasteiger partial charge in [0.15, 0.2) is 0 Å². The number of anilines is 1. The molecule has 2 rings (SSSR count). The highest BCUT2D eigenvalue weighted by Gasteiger charge is 2.34. The fraction of sp³-hybridized carbons (Fsp3) is 0.467. The highest BCUT2D eigenvalue weighted by atomic mass is 32.2. The molecule has 1 aliphatic rings. The van der Waals surface area contributed by atoms with E-state index in [4.69, 9.17) is 5.11 Å². The van der Waals surface area contributed by atoms with E-state index in [-0.39, 0.29) is 6.03 Å². The minimum Gasteiger partial charge on any atom is -0.480 e. The molecule has 0 saturated carbocycles. The first-order valence-electron chi connectivity index (χ1n) is 7.07. The number of carboxylic acids is 1. The number of nitrogens with zero attached hydrogens (tertiary/aromatic N) is 1. The van der Waals surface area contributed by atoms with Crippen molar-refractivity contribution in [1.29, 1.82) is 0 Å². The number of aryl methyl sites for hydroxylation is 2. The molecule has 1 fully saturated rings. The average molecular weight is 308 g/mol. The zero-order valence-corrected chi connectivity index (χ0v) is 13.1. The van der Waals surface area contributed by atoms with E-state index < -0.39 is 12.0 Å². The molecule has 6 heteroatoms. The van der Waals surface area contributed by atoms with Gasteiger partial charge in [-0.25, -0.2) is 9.59 Å². The summed E-state index contributed by atoms with van der Waals surface area (Å²) in [4.78, 5) is 25.0. The van der Waals surface area contributed by atoms with Crippen molar-refractivity contribution in [2.75, 3.05) is 16.9 Å². The summed E-state index contributed by atoms with van der Waals surface area (Å²) in [5, 5.41) is 12.1. The molecule has 0 bridgehead atoms. The fourth-order valence-electron chi connectivity index (χ4n) is 2.43. The van der Waals surface area contributed by atoms with Gasteiger partial charge in [0.1, 0.15) is 6.04 Å². The van der Waals surface area contributed by atoms with Crippen LogP contribution in [0.25, 0.3) is 0 Å². The number of hydrogen-bond acceptors (Lipinski definition) is 3. The number of urea groups is 1. The Labute approximate surface area is 128 Å². The molecule has 1 atom stereocenters. The fourth-order valence-corrected chi connectivity index (χ4v) is 3.57. The minimum absolute atomic E-state index is 0.331. The predicted octanol–water partition coefficient (Wildman–Crippen LogP) is 2.80. The van der Waals surface area contributed by atoms with E-state index >= 15 is 0 Å². The Morgan fingerprint density at radius 1 is 1.33 bits per heavy atom. The summed E-state index contributed by atoms with van der Waals surface area (Å²) in [5.41, 5.74) is 2.97. The quantitative estimate of drug-likeness (QED) is 0.897. The van der Waals surface area contributed by atoms with Gasteiger partial charge in [-0.2, -0.15) is 0 Å². The Bertz CT molecular complexity index is 525. The second kappa shape index (κ2) is 6.85. The first-order chi connectivity index (χ1) is 10.1. The van der Waals surface area contributed by atoms with Gasteiger partial charge < -0.3 is 15.3 Å². The Morgan fingerprint density at radius 2 is 1.95 bits per heavy atom. The molecule has 0 aromatic heterocycles. The average Bonchev–Trinajstić information content (AvgIpc) is 2.97. The summed E-state index contributed by atoms with van der Waals surface area (Å²) in [5.74, 6) is -0.0909. The molecule has 2 amide bonds. The van der Waals surface area contributed by atoms with Gasteiger partial charge in [0.05, 0.1) is 5.88 Å². The van der Waals surface area contributed by atoms with Gasteiger partial charge in [-0.15, -0.1) is 11.8 Å². The Balaban J connectivity index is 2.21. The Morgan fingerprint density at radius 3 is 2.48 bits per heavy atom. The number of benzene rings is 1. The van der Waals surface area contributed by atoms with Crippen molar-refractivity contribution >= 4 is 29.4 Å². The third kappa shape index (κ3) is 3.32. The van der Waals surface area contributed by atoms with Crippen molar-refractivity contribution in [3.8, 4) is 0 Å². The number of carbonyl (C=O) groups excluding carboxylic acids is 1. The molecule has 1 aliphatic heterocycles. The van der Waals surface area contributed by atoms with Crippen LogP contribution in [0.3, 0.4) is 0 Å². The number of carboxylic acid groups (broad SMARTS) is 1. The topological polar surface area (TPSA) is 69.6 Å². The van der Waals surface area contributed by atoms with Crippen LogP contribution in [0.1, 0.15) is 25.0 Å². The highest BCUT2D eigenvalue weighted by Crippen LogP contribution is 2.26. The molecule has 1 saturated heterocycles. The number of amides is 2. The van der Waals surface area contributed by atoms with Gasteiger partial charge in [-0.05, 0) is 24.0 Å². The Hall–Kier alpha value is -1.69. The van der Waals surface area contributed by atoms with Gasteiger partial charge >= 0.3 is 12.0 Å². The van der Waals surface area contributed by atoms with E-state index in [0.717, 1.165) is 29.7 Å². The summed E-state index contributed by atoms with van der Waals surface area (Å²) < 4.78 is 0. The predicted molar refractivity (Wildman–Crippen MR) is 84.8 cm³/mol. The van der Waals surface area contributed by atoms with Crippen LogP contribution in [-0.2, 0) is 17.6 Å². The molecule has 1 aromatic rings. The van der Waals surface area contributed by atoms with Crippen molar-refractivity contribution in [1.82, 2.24) is 4.90 Å². The summed E-state index contributed by atoms with van der Waals surface area (Å²) in [6.07, 6.45) is 1.64. The van der Waals surface area contributed by atoms with Crippen LogP contribution in [0.5, 0.6) is 0 Å². The molecule has 0 radical (unpaired) electrons. The highest BCUT2D eigenvalue weighted by molar-refractivity contribution is 7.99. The maximum absolute atomic E-state index is 12.4. The zero-order valence-electron chi connectivity index (χ0n) is 12.3. The van der Waals surface area contributed by atoms with Gasteiger partial charge in [-0.3, -0.25) is 0 Å². The zero-order chi connectivity index (χ0) is 15.4. The van der Waals surface area contributed by atoms with Crippen molar-refractivity contribution in [2.24, 2.45) is 0 Å². The second-order valence-corrected chi connectivity index (χ2v) is 5.91. The first kappa shape index (κ1) is 15.7. The number of para-hydroxylation sites is 1. The summed E-state index contributed by atoms with van der Waals surface area (Å²) >= 11 is 1.46. The van der Waals surface area contributed by atoms with E-state index in [1.807, 2.05) is 32.0 Å². The standard InChI is InChI=1S/C15H20N2O3S/c1-3-10-6-5-7-11(4-2)13(10)16-15(20)17-9-21-8-12(17)14(18)19/h5-7,12H,3-4,8-9H2,1-2H3,(H,16,20)(H,18,19). The molecular formula is C15H20N2O3S. The first-order valence-corrected chi connectivity index (χ1v) is 8.22. The third-order valence-electron chi connectivity index (χ3n) is 3.66. The second-order valence-electron chi connectivity index (χ2n) is 4.91. The molecule has 1 aromatic carbocycles. The number of hydrogen-bond donors (Lipinski definition) is 2. The molecular weight excluding hydrogens is 288 g/mol. The smallest absolute Gasteiger partial charge is 0.327 e. The molecule has 21 heavy (non-hydrogen) atoms. The maximum atomic E-state index is 12.4. The molecule has 1 heterocycles. The summed E-state index contributed by atoms with van der Waals surface area (Å²) in [7, 11) is 0. The monoisotopic (exact) mass is 308 g/mol. The summed E-state index contributed by atoms with van der Waals surface area (Å²) in [6.45, 7) is 4.08. The molecule has 0 aliphatic carbocycles. The third-order valence-corrected chi connectivity index (χ3v) is 4.67. The van der Waals surface area contributed by atoms with Crippen LogP contribution in [0.4, 0.5) is 10.5 Å². The molecule has 2 N–H and O–H groups in total. The van der Waals surface area contributed by atoms with Gasteiger partial charge in [-0.1, -0.05) is 32.0 Å². The lowest BCUT2D eigenvalue weighted by Crippen LogP contribution is -2.44. The molecule has 1 unspecified atom stereocenters. The lowest BCUT2D eigenvalue weighted by atomic mass is 10.0. The van der Waals surface area contributed by atoms with E-state index in [0.29, 0.717) is 11.6 Å². The van der Waals surface area contributed by atoms with Crippen molar-refractivity contribution < 1.29 is 14.7 Å². The van der Waals surface area contributed by atoms with Gasteiger partial charge in [0.2, 0.25) is 0 Å². The number of aliphatic carboxylic acids is 1. The molecule has 114 valence electrons. The normalized spacial score (nSPS) is 17.8. The number of rotatable bonds is 4. The van der Waals surface area contributed by atoms with E-state index in [1.165, 1.54) is 16.7 Å². The van der Waals surface area contributed by atoms with Crippen molar-refractivity contribution in [3.63, 3.8) is 0 Å². The van der Waals surface area contributed by atoms with Gasteiger partial charge in [0, 0.05) is 11.4 Å². The van der Waals surface area contributed by atoms with Crippen LogP contribution in [-0.4, -0.2) is 39.7 Å². The molecule has 0 spiro atoms. The number of nitrogens with one attached hydrogen (secondary N) is 1. The number of carbonyl (C=O) groups is 2. The Kier molecular flexibility index (Phi) is 5.12. The largest absolute Gasteiger partial charge is 0.480 e. The van der Waals surface area contributed by atoms with Crippen LogP contribution >= 0.6 is 11.8 Å². The van der Waals surface area contributed by atoms with Crippen LogP contribution in [0.2, 0.25) is 0 Å². The lowest BCUT2D eigenvalue weighted by Gasteiger charge is -2.23. The minimum atomic E-state index is -0.949. The maximum Gasteiger partial charge on any atom is 0.327 e. The summed E-state index contributed by atoms with van der Waals surface area (Å²) in [6, 6.07) is 4.89. The van der Waals surface area contributed by atoms with E-state index in [2.05, 4.69) is 5.32 Å². The van der Waals surface area contributed by atoms with E-state index in [1.54, 1.807) is 0 Å². The van der Waals surface area contributed by atoms with Gasteiger partial charge in [0.25, 0.3) is 0 Å². The van der Waals surface area contributed by atoms with Crippen molar-refractivity contribution in [3.05, 3.63) is 29.3 Å². The van der Waals surface area contributed by atoms with Crippen LogP contribution in [0.15, 0.2) is 18.2 Å². The SMILES string of the molecule is CCc1cccc(CC)c1NC(=O)N1CSCC1C(=O)O. The van der Waals surface area contributed by atoms with Crippen molar-refractivity contribution in [2.45, 2.75) is 32.7 Å². The van der Waals surface area contributed by atoms with E-state index in [9.17, 15) is 9.59 Å². The van der Waals surface area contributed by atoms with Crippen LogP contribution < -0.4 is 5.32 Å².